The van der Waals surface area contributed by atoms with E-state index in [9.17, 15) is 4.39 Å². The van der Waals surface area contributed by atoms with Crippen LogP contribution >= 0.6 is 0 Å². The van der Waals surface area contributed by atoms with Crippen molar-refractivity contribution < 1.29 is 4.39 Å². The molecule has 0 aromatic heterocycles. The smallest absolute Gasteiger partial charge is 0.131 e. The largest absolute Gasteiger partial charge is 0.271 e. The van der Waals surface area contributed by atoms with Gasteiger partial charge in [0, 0.05) is 17.8 Å². The number of hydrazine groups is 1. The van der Waals surface area contributed by atoms with E-state index in [0.717, 1.165) is 17.4 Å². The van der Waals surface area contributed by atoms with Crippen LogP contribution in [0.2, 0.25) is 0 Å². The Bertz CT molecular complexity index is 587. The molecule has 18 heavy (non-hydrogen) atoms. The molecule has 0 heterocycles. The number of hydrogen-bond donors (Lipinski definition) is 2. The van der Waals surface area contributed by atoms with Gasteiger partial charge >= 0.3 is 0 Å². The Balaban J connectivity index is 2.50. The third kappa shape index (κ3) is 2.35. The minimum atomic E-state index is -0.220. The first kappa shape index (κ1) is 12.6. The molecule has 2 aromatic rings. The molecule has 0 saturated heterocycles. The second-order valence-electron chi connectivity index (χ2n) is 4.14. The average molecular weight is 242 g/mol. The molecular weight excluding hydrogens is 227 g/mol. The first-order chi connectivity index (χ1) is 8.77. The summed E-state index contributed by atoms with van der Waals surface area (Å²) in [6.45, 7) is 0. The SMILES string of the molecule is C#CCCC(NN)c1ccc(F)c2ccccc12. The van der Waals surface area contributed by atoms with Crippen LogP contribution in [0.25, 0.3) is 10.8 Å². The van der Waals surface area contributed by atoms with E-state index in [2.05, 4.69) is 11.3 Å². The number of hydrogen-bond acceptors (Lipinski definition) is 2. The highest BCUT2D eigenvalue weighted by Crippen LogP contribution is 2.28. The van der Waals surface area contributed by atoms with Crippen molar-refractivity contribution in [3.8, 4) is 12.3 Å². The molecule has 1 unspecified atom stereocenters. The minimum absolute atomic E-state index is 0.0634. The fraction of sp³-hybridized carbons (Fsp3) is 0.200. The van der Waals surface area contributed by atoms with Crippen LogP contribution in [0.1, 0.15) is 24.4 Å². The number of halogens is 1. The Hall–Kier alpha value is -1.89. The highest BCUT2D eigenvalue weighted by molar-refractivity contribution is 5.86. The van der Waals surface area contributed by atoms with Crippen LogP contribution in [0.5, 0.6) is 0 Å². The maximum atomic E-state index is 13.7. The van der Waals surface area contributed by atoms with Gasteiger partial charge in [0.2, 0.25) is 0 Å². The third-order valence-electron chi connectivity index (χ3n) is 3.06. The summed E-state index contributed by atoms with van der Waals surface area (Å²) >= 11 is 0. The van der Waals surface area contributed by atoms with Gasteiger partial charge in [-0.3, -0.25) is 11.3 Å². The van der Waals surface area contributed by atoms with Crippen molar-refractivity contribution in [2.75, 3.05) is 0 Å². The second-order valence-corrected chi connectivity index (χ2v) is 4.14. The molecule has 3 N–H and O–H groups in total. The summed E-state index contributed by atoms with van der Waals surface area (Å²) in [7, 11) is 0. The number of benzene rings is 2. The molecule has 0 aliphatic carbocycles. The van der Waals surface area contributed by atoms with Crippen molar-refractivity contribution in [2.24, 2.45) is 5.84 Å². The summed E-state index contributed by atoms with van der Waals surface area (Å²) in [6.07, 6.45) is 6.62. The fourth-order valence-electron chi connectivity index (χ4n) is 2.15. The van der Waals surface area contributed by atoms with Gasteiger partial charge in [-0.1, -0.05) is 30.3 Å². The molecule has 0 amide bonds. The van der Waals surface area contributed by atoms with E-state index in [0.29, 0.717) is 11.8 Å². The lowest BCUT2D eigenvalue weighted by atomic mass is 9.96. The van der Waals surface area contributed by atoms with E-state index >= 15 is 0 Å². The first-order valence-corrected chi connectivity index (χ1v) is 5.84. The second kappa shape index (κ2) is 5.63. The summed E-state index contributed by atoms with van der Waals surface area (Å²) in [4.78, 5) is 0. The monoisotopic (exact) mass is 242 g/mol. The summed E-state index contributed by atoms with van der Waals surface area (Å²) < 4.78 is 13.7. The summed E-state index contributed by atoms with van der Waals surface area (Å²) in [5, 5.41) is 1.48. The number of fused-ring (bicyclic) bond motifs is 1. The maximum Gasteiger partial charge on any atom is 0.131 e. The van der Waals surface area contributed by atoms with Crippen molar-refractivity contribution in [1.29, 1.82) is 0 Å². The average Bonchev–Trinajstić information content (AvgIpc) is 2.42. The van der Waals surface area contributed by atoms with E-state index in [1.54, 1.807) is 12.1 Å². The van der Waals surface area contributed by atoms with Gasteiger partial charge in [-0.25, -0.2) is 4.39 Å². The minimum Gasteiger partial charge on any atom is -0.271 e. The van der Waals surface area contributed by atoms with Gasteiger partial charge < -0.3 is 0 Å². The normalized spacial score (nSPS) is 12.3. The molecular formula is C15H15FN2. The molecule has 92 valence electrons. The van der Waals surface area contributed by atoms with Crippen LogP contribution in [0.3, 0.4) is 0 Å². The van der Waals surface area contributed by atoms with E-state index in [-0.39, 0.29) is 11.9 Å². The van der Waals surface area contributed by atoms with Gasteiger partial charge in [0.25, 0.3) is 0 Å². The van der Waals surface area contributed by atoms with E-state index in [4.69, 9.17) is 12.3 Å². The van der Waals surface area contributed by atoms with Crippen molar-refractivity contribution in [1.82, 2.24) is 5.43 Å². The number of terminal acetylenes is 1. The van der Waals surface area contributed by atoms with Crippen LogP contribution in [-0.4, -0.2) is 0 Å². The quantitative estimate of drug-likeness (QED) is 0.491. The molecule has 1 atom stereocenters. The van der Waals surface area contributed by atoms with Gasteiger partial charge in [-0.15, -0.1) is 12.3 Å². The highest BCUT2D eigenvalue weighted by atomic mass is 19.1. The highest BCUT2D eigenvalue weighted by Gasteiger charge is 2.13. The topological polar surface area (TPSA) is 38.0 Å². The van der Waals surface area contributed by atoms with Crippen LogP contribution in [-0.2, 0) is 0 Å². The van der Waals surface area contributed by atoms with Crippen molar-refractivity contribution in [2.45, 2.75) is 18.9 Å². The van der Waals surface area contributed by atoms with Gasteiger partial charge in [-0.05, 0) is 23.4 Å². The first-order valence-electron chi connectivity index (χ1n) is 5.84. The zero-order valence-electron chi connectivity index (χ0n) is 9.99. The van der Waals surface area contributed by atoms with Gasteiger partial charge in [0.15, 0.2) is 0 Å². The summed E-state index contributed by atoms with van der Waals surface area (Å²) in [5.41, 5.74) is 3.72. The fourth-order valence-corrected chi connectivity index (χ4v) is 2.15. The molecule has 2 rings (SSSR count). The molecule has 2 nitrogen and oxygen atoms in total. The predicted molar refractivity (Wildman–Crippen MR) is 72.0 cm³/mol. The zero-order valence-corrected chi connectivity index (χ0v) is 9.99. The number of nitrogens with one attached hydrogen (secondary N) is 1. The molecule has 0 radical (unpaired) electrons. The lowest BCUT2D eigenvalue weighted by molar-refractivity contribution is 0.526. The van der Waals surface area contributed by atoms with Gasteiger partial charge in [0.1, 0.15) is 5.82 Å². The van der Waals surface area contributed by atoms with Gasteiger partial charge in [0.05, 0.1) is 0 Å². The van der Waals surface area contributed by atoms with E-state index < -0.39 is 0 Å². The molecule has 2 aromatic carbocycles. The number of nitrogens with two attached hydrogens (primary N) is 1. The Morgan fingerprint density at radius 1 is 1.22 bits per heavy atom. The molecule has 0 bridgehead atoms. The Kier molecular flexibility index (Phi) is 3.93. The van der Waals surface area contributed by atoms with Crippen LogP contribution in [0.4, 0.5) is 4.39 Å². The summed E-state index contributed by atoms with van der Waals surface area (Å²) in [5.74, 6) is 7.93. The molecule has 0 aliphatic heterocycles. The Morgan fingerprint density at radius 3 is 2.61 bits per heavy atom. The van der Waals surface area contributed by atoms with Crippen LogP contribution in [0.15, 0.2) is 36.4 Å². The molecule has 0 fully saturated rings. The van der Waals surface area contributed by atoms with Gasteiger partial charge in [-0.2, -0.15) is 0 Å². The van der Waals surface area contributed by atoms with Crippen LogP contribution < -0.4 is 11.3 Å². The Morgan fingerprint density at radius 2 is 1.94 bits per heavy atom. The molecule has 0 saturated carbocycles. The number of rotatable bonds is 4. The lowest BCUT2D eigenvalue weighted by Crippen LogP contribution is -2.28. The third-order valence-corrected chi connectivity index (χ3v) is 3.06. The maximum absolute atomic E-state index is 13.7. The zero-order chi connectivity index (χ0) is 13.0. The van der Waals surface area contributed by atoms with Crippen molar-refractivity contribution >= 4 is 10.8 Å². The predicted octanol–water partition coefficient (Wildman–Crippen LogP) is 2.90. The molecule has 0 aliphatic rings. The van der Waals surface area contributed by atoms with E-state index in [1.807, 2.05) is 18.2 Å². The van der Waals surface area contributed by atoms with Crippen LogP contribution in [0, 0.1) is 18.2 Å². The molecule has 3 heteroatoms. The molecule has 0 spiro atoms. The standard InChI is InChI=1S/C15H15FN2/c1-2-3-8-15(18-17)13-9-10-14(16)12-7-5-4-6-11(12)13/h1,4-7,9-10,15,18H,3,8,17H2. The van der Waals surface area contributed by atoms with Crippen molar-refractivity contribution in [3.63, 3.8) is 0 Å². The summed E-state index contributed by atoms with van der Waals surface area (Å²) in [6, 6.07) is 10.5. The Labute approximate surface area is 106 Å². The lowest BCUT2D eigenvalue weighted by Gasteiger charge is -2.17. The van der Waals surface area contributed by atoms with E-state index in [1.165, 1.54) is 6.07 Å². The van der Waals surface area contributed by atoms with Crippen molar-refractivity contribution in [3.05, 3.63) is 47.8 Å².